The van der Waals surface area contributed by atoms with Crippen LogP contribution in [-0.4, -0.2) is 16.5 Å². The average molecular weight is 250 g/mol. The topological polar surface area (TPSA) is 57.8 Å². The highest BCUT2D eigenvalue weighted by Gasteiger charge is 1.98. The molecule has 2 rings (SSSR count). The van der Waals surface area contributed by atoms with Crippen LogP contribution in [0.4, 0.5) is 5.82 Å². The lowest BCUT2D eigenvalue weighted by atomic mass is 10.1. The van der Waals surface area contributed by atoms with Crippen molar-refractivity contribution >= 4 is 17.4 Å². The van der Waals surface area contributed by atoms with Crippen molar-refractivity contribution in [3.05, 3.63) is 57.6 Å². The highest BCUT2D eigenvalue weighted by Crippen LogP contribution is 2.07. The second kappa shape index (κ2) is 5.50. The maximum atomic E-state index is 11.1. The molecule has 0 saturated heterocycles. The van der Waals surface area contributed by atoms with Gasteiger partial charge in [-0.1, -0.05) is 41.9 Å². The van der Waals surface area contributed by atoms with Crippen LogP contribution >= 0.6 is 11.6 Å². The molecule has 0 bridgehead atoms. The maximum absolute atomic E-state index is 11.1. The Morgan fingerprint density at radius 3 is 2.76 bits per heavy atom. The van der Waals surface area contributed by atoms with Gasteiger partial charge in [0.1, 0.15) is 11.0 Å². The molecule has 0 radical (unpaired) electrons. The molecule has 0 aliphatic carbocycles. The maximum Gasteiger partial charge on any atom is 0.347 e. The van der Waals surface area contributed by atoms with Crippen LogP contribution in [0.1, 0.15) is 5.56 Å². The molecule has 1 aromatic carbocycles. The fourth-order valence-corrected chi connectivity index (χ4v) is 1.68. The van der Waals surface area contributed by atoms with E-state index >= 15 is 0 Å². The Morgan fingerprint density at radius 2 is 2.06 bits per heavy atom. The third-order valence-electron chi connectivity index (χ3n) is 2.27. The molecule has 1 heterocycles. The van der Waals surface area contributed by atoms with Crippen molar-refractivity contribution in [2.45, 2.75) is 6.42 Å². The molecule has 0 saturated carbocycles. The second-order valence-electron chi connectivity index (χ2n) is 3.58. The number of halogens is 1. The summed E-state index contributed by atoms with van der Waals surface area (Å²) in [5.41, 5.74) is 0.788. The zero-order valence-corrected chi connectivity index (χ0v) is 9.87. The highest BCUT2D eigenvalue weighted by molar-refractivity contribution is 6.29. The zero-order chi connectivity index (χ0) is 12.1. The van der Waals surface area contributed by atoms with Crippen molar-refractivity contribution in [2.75, 3.05) is 11.9 Å². The third kappa shape index (κ3) is 3.60. The molecule has 0 aliphatic heterocycles. The molecule has 5 heteroatoms. The van der Waals surface area contributed by atoms with Crippen molar-refractivity contribution in [3.8, 4) is 0 Å². The van der Waals surface area contributed by atoms with Crippen LogP contribution in [0.15, 0.2) is 41.2 Å². The summed E-state index contributed by atoms with van der Waals surface area (Å²) >= 11 is 5.71. The van der Waals surface area contributed by atoms with E-state index in [1.54, 1.807) is 6.07 Å². The number of rotatable bonds is 4. The molecule has 2 aromatic rings. The van der Waals surface area contributed by atoms with E-state index in [0.29, 0.717) is 12.4 Å². The Balaban J connectivity index is 1.92. The summed E-state index contributed by atoms with van der Waals surface area (Å²) in [5, 5.41) is 3.34. The second-order valence-corrected chi connectivity index (χ2v) is 3.99. The lowest BCUT2D eigenvalue weighted by molar-refractivity contribution is 0.985. The Kier molecular flexibility index (Phi) is 3.77. The van der Waals surface area contributed by atoms with Crippen LogP contribution in [0.5, 0.6) is 0 Å². The number of nitrogens with one attached hydrogen (secondary N) is 2. The molecule has 0 amide bonds. The van der Waals surface area contributed by atoms with Crippen molar-refractivity contribution < 1.29 is 0 Å². The summed E-state index contributed by atoms with van der Waals surface area (Å²) in [6.45, 7) is 0.705. The van der Waals surface area contributed by atoms with E-state index in [4.69, 9.17) is 11.6 Å². The van der Waals surface area contributed by atoms with Crippen molar-refractivity contribution in [3.63, 3.8) is 0 Å². The fourth-order valence-electron chi connectivity index (χ4n) is 1.50. The predicted octanol–water partition coefficient (Wildman–Crippen LogP) is 2.08. The van der Waals surface area contributed by atoms with E-state index in [-0.39, 0.29) is 5.15 Å². The number of aromatic amines is 1. The first kappa shape index (κ1) is 11.7. The Bertz CT molecular complexity index is 539. The Morgan fingerprint density at radius 1 is 1.29 bits per heavy atom. The highest BCUT2D eigenvalue weighted by atomic mass is 35.5. The molecular formula is C12H12ClN3O. The van der Waals surface area contributed by atoms with Gasteiger partial charge >= 0.3 is 5.69 Å². The minimum absolute atomic E-state index is 0.284. The van der Waals surface area contributed by atoms with Gasteiger partial charge in [0, 0.05) is 12.6 Å². The van der Waals surface area contributed by atoms with Gasteiger partial charge in [-0.25, -0.2) is 4.79 Å². The largest absolute Gasteiger partial charge is 0.369 e. The summed E-state index contributed by atoms with van der Waals surface area (Å²) < 4.78 is 0. The SMILES string of the molecule is O=c1nc(NCCc2ccccc2)cc(Cl)[nH]1. The minimum atomic E-state index is -0.445. The lowest BCUT2D eigenvalue weighted by Crippen LogP contribution is -2.14. The van der Waals surface area contributed by atoms with E-state index in [1.807, 2.05) is 18.2 Å². The molecule has 17 heavy (non-hydrogen) atoms. The van der Waals surface area contributed by atoms with E-state index in [2.05, 4.69) is 27.4 Å². The summed E-state index contributed by atoms with van der Waals surface area (Å²) in [6.07, 6.45) is 0.868. The standard InChI is InChI=1S/C12H12ClN3O/c13-10-8-11(16-12(17)15-10)14-7-6-9-4-2-1-3-5-9/h1-5,8H,6-7H2,(H2,14,15,16,17). The van der Waals surface area contributed by atoms with Gasteiger partial charge in [0.05, 0.1) is 0 Å². The van der Waals surface area contributed by atoms with Crippen LogP contribution in [0.25, 0.3) is 0 Å². The van der Waals surface area contributed by atoms with Crippen LogP contribution in [0.3, 0.4) is 0 Å². The van der Waals surface area contributed by atoms with Gasteiger partial charge in [0.15, 0.2) is 0 Å². The minimum Gasteiger partial charge on any atom is -0.369 e. The molecule has 0 aliphatic rings. The average Bonchev–Trinajstić information content (AvgIpc) is 2.29. The first-order valence-electron chi connectivity index (χ1n) is 5.29. The van der Waals surface area contributed by atoms with Crippen LogP contribution in [0.2, 0.25) is 5.15 Å². The van der Waals surface area contributed by atoms with Crippen LogP contribution in [0, 0.1) is 0 Å². The normalized spacial score (nSPS) is 10.2. The summed E-state index contributed by atoms with van der Waals surface area (Å²) in [5.74, 6) is 0.495. The predicted molar refractivity (Wildman–Crippen MR) is 68.5 cm³/mol. The smallest absolute Gasteiger partial charge is 0.347 e. The molecule has 4 nitrogen and oxygen atoms in total. The number of benzene rings is 1. The lowest BCUT2D eigenvalue weighted by Gasteiger charge is -2.05. The number of nitrogens with zero attached hydrogens (tertiary/aromatic N) is 1. The quantitative estimate of drug-likeness (QED) is 0.816. The Hall–Kier alpha value is -1.81. The number of hydrogen-bond donors (Lipinski definition) is 2. The fraction of sp³-hybridized carbons (Fsp3) is 0.167. The molecule has 0 atom stereocenters. The van der Waals surface area contributed by atoms with E-state index in [9.17, 15) is 4.79 Å². The van der Waals surface area contributed by atoms with Gasteiger partial charge in [-0.2, -0.15) is 4.98 Å². The number of anilines is 1. The van der Waals surface area contributed by atoms with Crippen molar-refractivity contribution in [2.24, 2.45) is 0 Å². The molecule has 0 fully saturated rings. The summed E-state index contributed by atoms with van der Waals surface area (Å²) in [6, 6.07) is 11.7. The number of hydrogen-bond acceptors (Lipinski definition) is 3. The molecule has 88 valence electrons. The van der Waals surface area contributed by atoms with E-state index < -0.39 is 5.69 Å². The first-order valence-corrected chi connectivity index (χ1v) is 5.66. The molecule has 2 N–H and O–H groups in total. The summed E-state index contributed by atoms with van der Waals surface area (Å²) in [4.78, 5) is 17.2. The van der Waals surface area contributed by atoms with Crippen LogP contribution < -0.4 is 11.0 Å². The molecular weight excluding hydrogens is 238 g/mol. The monoisotopic (exact) mass is 249 g/mol. The van der Waals surface area contributed by atoms with Gasteiger partial charge in [-0.05, 0) is 12.0 Å². The number of aromatic nitrogens is 2. The Labute approximate surface area is 104 Å². The summed E-state index contributed by atoms with van der Waals surface area (Å²) in [7, 11) is 0. The van der Waals surface area contributed by atoms with Crippen molar-refractivity contribution in [1.29, 1.82) is 0 Å². The van der Waals surface area contributed by atoms with Gasteiger partial charge in [-0.3, -0.25) is 4.98 Å². The molecule has 1 aromatic heterocycles. The van der Waals surface area contributed by atoms with Crippen LogP contribution in [-0.2, 0) is 6.42 Å². The molecule has 0 unspecified atom stereocenters. The van der Waals surface area contributed by atoms with E-state index in [1.165, 1.54) is 5.56 Å². The third-order valence-corrected chi connectivity index (χ3v) is 2.48. The van der Waals surface area contributed by atoms with Gasteiger partial charge < -0.3 is 5.32 Å². The molecule has 0 spiro atoms. The van der Waals surface area contributed by atoms with E-state index in [0.717, 1.165) is 6.42 Å². The van der Waals surface area contributed by atoms with Gasteiger partial charge in [0.25, 0.3) is 0 Å². The van der Waals surface area contributed by atoms with Gasteiger partial charge in [0.2, 0.25) is 0 Å². The zero-order valence-electron chi connectivity index (χ0n) is 9.11. The van der Waals surface area contributed by atoms with Crippen molar-refractivity contribution in [1.82, 2.24) is 9.97 Å². The van der Waals surface area contributed by atoms with Gasteiger partial charge in [-0.15, -0.1) is 0 Å². The first-order chi connectivity index (χ1) is 8.24. The number of H-pyrrole nitrogens is 1.